The van der Waals surface area contributed by atoms with Crippen LogP contribution in [0.4, 0.5) is 4.39 Å². The second-order valence-electron chi connectivity index (χ2n) is 4.84. The van der Waals surface area contributed by atoms with Gasteiger partial charge in [-0.1, -0.05) is 6.07 Å². The minimum absolute atomic E-state index is 0.226. The van der Waals surface area contributed by atoms with Gasteiger partial charge in [-0.05, 0) is 30.7 Å². The molecule has 2 rings (SSSR count). The van der Waals surface area contributed by atoms with Crippen LogP contribution in [0.2, 0.25) is 0 Å². The first kappa shape index (κ1) is 14.2. The molecule has 20 heavy (non-hydrogen) atoms. The molecule has 6 heteroatoms. The molecule has 0 aliphatic rings. The van der Waals surface area contributed by atoms with E-state index in [0.717, 1.165) is 0 Å². The van der Waals surface area contributed by atoms with Gasteiger partial charge in [0, 0.05) is 26.3 Å². The van der Waals surface area contributed by atoms with Crippen LogP contribution in [-0.4, -0.2) is 34.7 Å². The fraction of sp³-hybridized carbons (Fsp3) is 0.286. The molecule has 1 atom stereocenters. The van der Waals surface area contributed by atoms with E-state index in [1.807, 2.05) is 0 Å². The molecule has 1 unspecified atom stereocenters. The van der Waals surface area contributed by atoms with Crippen molar-refractivity contribution in [2.24, 2.45) is 5.73 Å². The molecule has 0 aliphatic heterocycles. The third-order valence-corrected chi connectivity index (χ3v) is 2.96. The molecule has 0 saturated heterocycles. The van der Waals surface area contributed by atoms with Crippen LogP contribution in [0.25, 0.3) is 5.69 Å². The zero-order chi connectivity index (χ0) is 14.9. The number of halogens is 1. The maximum absolute atomic E-state index is 14.1. The molecule has 0 aliphatic carbocycles. The highest BCUT2D eigenvalue weighted by atomic mass is 19.1. The fourth-order valence-electron chi connectivity index (χ4n) is 1.79. The van der Waals surface area contributed by atoms with Crippen molar-refractivity contribution in [1.29, 1.82) is 0 Å². The largest absolute Gasteiger partial charge is 0.343 e. The van der Waals surface area contributed by atoms with Crippen molar-refractivity contribution in [2.75, 3.05) is 14.1 Å². The lowest BCUT2D eigenvalue weighted by molar-refractivity contribution is 0.0821. The number of carbonyl (C=O) groups excluding carboxylic acids is 1. The van der Waals surface area contributed by atoms with Crippen molar-refractivity contribution >= 4 is 5.91 Å². The highest BCUT2D eigenvalue weighted by molar-refractivity contribution is 5.91. The van der Waals surface area contributed by atoms with Crippen LogP contribution in [0, 0.1) is 5.82 Å². The number of hydrogen-bond donors (Lipinski definition) is 1. The molecule has 1 aromatic heterocycles. The number of carbonyl (C=O) groups is 1. The third-order valence-electron chi connectivity index (χ3n) is 2.96. The lowest BCUT2D eigenvalue weighted by Crippen LogP contribution is -2.22. The van der Waals surface area contributed by atoms with Crippen molar-refractivity contribution in [3.63, 3.8) is 0 Å². The SMILES string of the molecule is CC(N)c1ccc(-n2ccc(C(=O)N(C)C)n2)c(F)c1. The first-order valence-electron chi connectivity index (χ1n) is 6.23. The Balaban J connectivity index is 2.35. The summed E-state index contributed by atoms with van der Waals surface area (Å²) in [6, 6.07) is 6.06. The number of aromatic nitrogens is 2. The molecule has 106 valence electrons. The zero-order valence-electron chi connectivity index (χ0n) is 11.7. The summed E-state index contributed by atoms with van der Waals surface area (Å²) in [6.45, 7) is 1.79. The van der Waals surface area contributed by atoms with E-state index in [2.05, 4.69) is 5.10 Å². The third kappa shape index (κ3) is 2.70. The average Bonchev–Trinajstić information content (AvgIpc) is 2.86. The van der Waals surface area contributed by atoms with E-state index < -0.39 is 5.82 Å². The Morgan fingerprint density at radius 2 is 2.10 bits per heavy atom. The quantitative estimate of drug-likeness (QED) is 0.928. The van der Waals surface area contributed by atoms with Gasteiger partial charge in [0.25, 0.3) is 5.91 Å². The maximum Gasteiger partial charge on any atom is 0.273 e. The van der Waals surface area contributed by atoms with Crippen LogP contribution in [0.5, 0.6) is 0 Å². The lowest BCUT2D eigenvalue weighted by Gasteiger charge is -2.09. The zero-order valence-corrected chi connectivity index (χ0v) is 11.7. The molecule has 1 aromatic carbocycles. The van der Waals surface area contributed by atoms with Gasteiger partial charge >= 0.3 is 0 Å². The Kier molecular flexibility index (Phi) is 3.85. The van der Waals surface area contributed by atoms with Gasteiger partial charge < -0.3 is 10.6 Å². The van der Waals surface area contributed by atoms with E-state index >= 15 is 0 Å². The molecule has 0 fully saturated rings. The molecule has 1 heterocycles. The van der Waals surface area contributed by atoms with Gasteiger partial charge in [0.05, 0.1) is 0 Å². The Bertz CT molecular complexity index is 634. The Morgan fingerprint density at radius 3 is 2.65 bits per heavy atom. The second kappa shape index (κ2) is 5.42. The van der Waals surface area contributed by atoms with E-state index in [1.54, 1.807) is 45.4 Å². The summed E-state index contributed by atoms with van der Waals surface area (Å²) in [6.07, 6.45) is 1.56. The summed E-state index contributed by atoms with van der Waals surface area (Å²) in [5, 5.41) is 4.09. The van der Waals surface area contributed by atoms with E-state index in [0.29, 0.717) is 5.56 Å². The van der Waals surface area contributed by atoms with E-state index in [1.165, 1.54) is 15.6 Å². The van der Waals surface area contributed by atoms with Crippen LogP contribution in [0.1, 0.15) is 29.0 Å². The summed E-state index contributed by atoms with van der Waals surface area (Å²) in [7, 11) is 3.28. The Labute approximate surface area is 116 Å². The standard InChI is InChI=1S/C14H17FN4O/c1-9(16)10-4-5-13(11(15)8-10)19-7-6-12(17-19)14(20)18(2)3/h4-9H,16H2,1-3H3. The number of hydrogen-bond acceptors (Lipinski definition) is 3. The van der Waals surface area contributed by atoms with E-state index in [-0.39, 0.29) is 23.3 Å². The molecular weight excluding hydrogens is 259 g/mol. The normalized spacial score (nSPS) is 12.2. The first-order chi connectivity index (χ1) is 9.40. The van der Waals surface area contributed by atoms with Crippen molar-refractivity contribution in [2.45, 2.75) is 13.0 Å². The van der Waals surface area contributed by atoms with Crippen molar-refractivity contribution in [3.8, 4) is 5.69 Å². The number of nitrogens with zero attached hydrogens (tertiary/aromatic N) is 3. The Hall–Kier alpha value is -2.21. The van der Waals surface area contributed by atoms with Gasteiger partial charge in [-0.15, -0.1) is 0 Å². The highest BCUT2D eigenvalue weighted by Crippen LogP contribution is 2.18. The molecule has 0 saturated carbocycles. The summed E-state index contributed by atoms with van der Waals surface area (Å²) < 4.78 is 15.4. The molecule has 0 bridgehead atoms. The molecule has 0 spiro atoms. The summed E-state index contributed by atoms with van der Waals surface area (Å²) in [5.74, 6) is -0.650. The molecular formula is C14H17FN4O. The van der Waals surface area contributed by atoms with Crippen molar-refractivity contribution in [3.05, 3.63) is 47.5 Å². The van der Waals surface area contributed by atoms with Crippen LogP contribution < -0.4 is 5.73 Å². The van der Waals surface area contributed by atoms with Crippen LogP contribution >= 0.6 is 0 Å². The minimum atomic E-state index is -0.424. The van der Waals surface area contributed by atoms with Gasteiger partial charge in [0.15, 0.2) is 5.69 Å². The molecule has 0 radical (unpaired) electrons. The van der Waals surface area contributed by atoms with Crippen LogP contribution in [0.15, 0.2) is 30.5 Å². The molecule has 5 nitrogen and oxygen atoms in total. The molecule has 1 amide bonds. The predicted molar refractivity (Wildman–Crippen MR) is 74.1 cm³/mol. The van der Waals surface area contributed by atoms with E-state index in [9.17, 15) is 9.18 Å². The first-order valence-corrected chi connectivity index (χ1v) is 6.23. The minimum Gasteiger partial charge on any atom is -0.343 e. The highest BCUT2D eigenvalue weighted by Gasteiger charge is 2.14. The van der Waals surface area contributed by atoms with Gasteiger partial charge in [0.1, 0.15) is 11.5 Å². The number of nitrogens with two attached hydrogens (primary N) is 1. The van der Waals surface area contributed by atoms with Gasteiger partial charge in [-0.3, -0.25) is 4.79 Å². The average molecular weight is 276 g/mol. The van der Waals surface area contributed by atoms with Crippen LogP contribution in [-0.2, 0) is 0 Å². The van der Waals surface area contributed by atoms with E-state index in [4.69, 9.17) is 5.73 Å². The predicted octanol–water partition coefficient (Wildman–Crippen LogP) is 1.73. The topological polar surface area (TPSA) is 64.2 Å². The lowest BCUT2D eigenvalue weighted by atomic mass is 10.1. The number of rotatable bonds is 3. The smallest absolute Gasteiger partial charge is 0.273 e. The number of amides is 1. The maximum atomic E-state index is 14.1. The summed E-state index contributed by atoms with van der Waals surface area (Å²) in [4.78, 5) is 13.2. The fourth-order valence-corrected chi connectivity index (χ4v) is 1.79. The molecule has 2 N–H and O–H groups in total. The van der Waals surface area contributed by atoms with Gasteiger partial charge in [-0.25, -0.2) is 9.07 Å². The summed E-state index contributed by atoms with van der Waals surface area (Å²) >= 11 is 0. The van der Waals surface area contributed by atoms with Crippen molar-refractivity contribution < 1.29 is 9.18 Å². The summed E-state index contributed by atoms with van der Waals surface area (Å²) in [5.41, 5.74) is 6.97. The monoisotopic (exact) mass is 276 g/mol. The number of benzene rings is 1. The second-order valence-corrected chi connectivity index (χ2v) is 4.84. The van der Waals surface area contributed by atoms with Crippen molar-refractivity contribution in [1.82, 2.24) is 14.7 Å². The Morgan fingerprint density at radius 1 is 1.40 bits per heavy atom. The molecule has 2 aromatic rings. The van der Waals surface area contributed by atoms with Gasteiger partial charge in [-0.2, -0.15) is 5.10 Å². The van der Waals surface area contributed by atoms with Gasteiger partial charge in [0.2, 0.25) is 0 Å². The van der Waals surface area contributed by atoms with Crippen LogP contribution in [0.3, 0.4) is 0 Å².